The summed E-state index contributed by atoms with van der Waals surface area (Å²) in [6, 6.07) is 141. The maximum Gasteiger partial charge on any atom is 0.141 e. The average molecular weight is 1430 g/mol. The minimum Gasteiger partial charge on any atom is -0.324 e. The van der Waals surface area contributed by atoms with E-state index in [0.29, 0.717) is 0 Å². The van der Waals surface area contributed by atoms with Crippen LogP contribution in [0.2, 0.25) is 0 Å². The highest BCUT2D eigenvalue weighted by Gasteiger charge is 2.49. The summed E-state index contributed by atoms with van der Waals surface area (Å²) in [5.41, 5.74) is 31.9. The first kappa shape index (κ1) is 66.0. The van der Waals surface area contributed by atoms with Crippen LogP contribution in [0.15, 0.2) is 388 Å². The van der Waals surface area contributed by atoms with Gasteiger partial charge in [-0.3, -0.25) is 0 Å². The van der Waals surface area contributed by atoms with Crippen molar-refractivity contribution in [1.82, 2.24) is 29.1 Å². The fraction of sp³-hybridized carbons (Fsp3) is 0.0566. The lowest BCUT2D eigenvalue weighted by molar-refractivity contribution is 0.769. The van der Waals surface area contributed by atoms with E-state index >= 15 is 0 Å². The number of hydrogen-bond donors (Lipinski definition) is 0. The van der Waals surface area contributed by atoms with Crippen molar-refractivity contribution >= 4 is 65.4 Å². The number of fused-ring (bicyclic) bond motifs is 16. The van der Waals surface area contributed by atoms with Crippen molar-refractivity contribution < 1.29 is 0 Å². The van der Waals surface area contributed by atoms with Gasteiger partial charge in [-0.25, -0.2) is 19.9 Å². The van der Waals surface area contributed by atoms with Gasteiger partial charge in [0.2, 0.25) is 0 Å². The zero-order valence-corrected chi connectivity index (χ0v) is 62.0. The minimum atomic E-state index is -0.468. The molecule has 112 heavy (non-hydrogen) atoms. The highest BCUT2D eigenvalue weighted by Crippen LogP contribution is 2.61. The summed E-state index contributed by atoms with van der Waals surface area (Å²) >= 11 is 0. The second kappa shape index (κ2) is 26.9. The van der Waals surface area contributed by atoms with Crippen molar-refractivity contribution in [1.29, 1.82) is 0 Å². The number of aromatic nitrogens is 6. The number of aryl methyl sites for hydroxylation is 2. The summed E-state index contributed by atoms with van der Waals surface area (Å²) in [7, 11) is 0. The van der Waals surface area contributed by atoms with Gasteiger partial charge in [0.1, 0.15) is 11.6 Å². The van der Waals surface area contributed by atoms with Crippen LogP contribution in [0.4, 0.5) is 0 Å². The van der Waals surface area contributed by atoms with Gasteiger partial charge in [-0.05, 0) is 145 Å². The van der Waals surface area contributed by atoms with Crippen LogP contribution < -0.4 is 0 Å². The van der Waals surface area contributed by atoms with Gasteiger partial charge in [0.25, 0.3) is 0 Å². The molecule has 0 saturated heterocycles. The maximum atomic E-state index is 5.39. The van der Waals surface area contributed by atoms with Gasteiger partial charge in [-0.15, -0.1) is 0 Å². The number of rotatable bonds is 12. The van der Waals surface area contributed by atoms with Crippen molar-refractivity contribution in [2.45, 2.75) is 37.8 Å². The molecule has 0 spiro atoms. The van der Waals surface area contributed by atoms with E-state index in [9.17, 15) is 0 Å². The molecule has 0 aliphatic heterocycles. The summed E-state index contributed by atoms with van der Waals surface area (Å²) in [5.74, 6) is 2.00. The molecule has 0 amide bonds. The summed E-state index contributed by atoms with van der Waals surface area (Å²) in [6.45, 7) is 6.08. The van der Waals surface area contributed by atoms with E-state index in [1.165, 1.54) is 105 Å². The normalized spacial score (nSPS) is 12.9. The van der Waals surface area contributed by atoms with E-state index in [-0.39, 0.29) is 0 Å². The molecule has 4 aromatic heterocycles. The second-order valence-electron chi connectivity index (χ2n) is 29.5. The van der Waals surface area contributed by atoms with Crippen molar-refractivity contribution in [2.24, 2.45) is 0 Å². The van der Waals surface area contributed by atoms with Gasteiger partial charge in [0, 0.05) is 67.7 Å². The number of imidazole rings is 2. The molecule has 4 heterocycles. The molecule has 0 atom stereocenters. The van der Waals surface area contributed by atoms with Crippen LogP contribution in [0.5, 0.6) is 0 Å². The van der Waals surface area contributed by atoms with Crippen LogP contribution in [0.25, 0.3) is 155 Å². The fourth-order valence-corrected chi connectivity index (χ4v) is 18.9. The fourth-order valence-electron chi connectivity index (χ4n) is 18.9. The lowest BCUT2D eigenvalue weighted by Gasteiger charge is -2.34. The first-order valence-corrected chi connectivity index (χ1v) is 38.9. The minimum absolute atomic E-state index is 0.465. The molecule has 20 aromatic rings. The van der Waals surface area contributed by atoms with Crippen molar-refractivity contribution in [3.63, 3.8) is 0 Å². The van der Waals surface area contributed by atoms with E-state index in [4.69, 9.17) is 19.9 Å². The highest BCUT2D eigenvalue weighted by molar-refractivity contribution is 6.21. The van der Waals surface area contributed by atoms with Crippen LogP contribution in [0, 0.1) is 0 Å². The maximum absolute atomic E-state index is 5.39. The van der Waals surface area contributed by atoms with Crippen LogP contribution >= 0.6 is 0 Å². The van der Waals surface area contributed by atoms with Crippen molar-refractivity contribution in [2.75, 3.05) is 0 Å². The second-order valence-corrected chi connectivity index (χ2v) is 29.5. The predicted molar refractivity (Wildman–Crippen MR) is 464 cm³/mol. The Hall–Kier alpha value is -14.2. The Bertz CT molecular complexity index is 6970. The van der Waals surface area contributed by atoms with Gasteiger partial charge >= 0.3 is 0 Å². The Morgan fingerprint density at radius 3 is 0.982 bits per heavy atom. The SMILES string of the molecule is CCn1c(-c2ccc(-c3ccc(-c4nc5ccccc5c5c6c(ccc45)C(c4ccccc4)(c4ccccc4)c4ccccc4-6)cc3)cc2)nc2ccccc21.CCn1c(-c2cccc(-c3ccc(-c4nc5ccccc5c5c6c(ccc45)C(c4ccccc4)(c4ccccc4)c4ccccc4-6)cc3)c2)nc2ccccc21. The number of para-hydroxylation sites is 6. The van der Waals surface area contributed by atoms with Gasteiger partial charge in [0.15, 0.2) is 0 Å². The Labute approximate surface area is 650 Å². The van der Waals surface area contributed by atoms with Crippen LogP contribution in [-0.4, -0.2) is 29.1 Å². The largest absolute Gasteiger partial charge is 0.324 e. The molecule has 6 heteroatoms. The van der Waals surface area contributed by atoms with Gasteiger partial charge in [-0.1, -0.05) is 346 Å². The summed E-state index contributed by atoms with van der Waals surface area (Å²) in [5, 5.41) is 7.15. The van der Waals surface area contributed by atoms with Crippen molar-refractivity contribution in [3.8, 4) is 89.8 Å². The van der Waals surface area contributed by atoms with Gasteiger partial charge < -0.3 is 9.13 Å². The van der Waals surface area contributed by atoms with E-state index < -0.39 is 10.8 Å². The van der Waals surface area contributed by atoms with Crippen LogP contribution in [0.3, 0.4) is 0 Å². The lowest BCUT2D eigenvalue weighted by Crippen LogP contribution is -2.28. The quantitative estimate of drug-likeness (QED) is 0.114. The van der Waals surface area contributed by atoms with Crippen LogP contribution in [-0.2, 0) is 23.9 Å². The van der Waals surface area contributed by atoms with E-state index in [1.54, 1.807) is 0 Å². The first-order chi connectivity index (χ1) is 55.5. The van der Waals surface area contributed by atoms with Crippen molar-refractivity contribution in [3.05, 3.63) is 433 Å². The highest BCUT2D eigenvalue weighted by atomic mass is 15.1. The molecule has 0 radical (unpaired) electrons. The summed E-state index contributed by atoms with van der Waals surface area (Å²) < 4.78 is 4.59. The van der Waals surface area contributed by atoms with E-state index in [1.807, 2.05) is 0 Å². The zero-order chi connectivity index (χ0) is 74.4. The molecule has 0 fully saturated rings. The third-order valence-electron chi connectivity index (χ3n) is 23.8. The monoisotopic (exact) mass is 1430 g/mol. The summed E-state index contributed by atoms with van der Waals surface area (Å²) in [6.07, 6.45) is 0. The Kier molecular flexibility index (Phi) is 15.8. The molecule has 16 aromatic carbocycles. The molecule has 2 aliphatic carbocycles. The number of pyridine rings is 2. The molecule has 528 valence electrons. The standard InChI is InChI=1S/2C53H37N3/c1-2-56-48-27-14-13-26-47(48)55-52(56)38-17-15-16-37(34-38)35-28-30-36(31-29-35)51-43-32-33-45-50(49(43)42-23-10-12-25-46(42)54-51)41-22-9-11-24-44(41)53(45,39-18-5-3-6-19-39)40-20-7-4-8-21-40;1-2-56-48-24-14-13-23-47(48)55-52(56)38-31-27-36(28-32-38)35-25-29-37(30-26-35)51-43-33-34-45-50(49(43)42-20-10-12-22-46(42)54-51)41-19-9-11-21-44(41)53(45,39-15-5-3-6-16-39)40-17-7-4-8-18-40/h2*3-34H,2H2,1H3. The lowest BCUT2D eigenvalue weighted by atomic mass is 9.67. The molecular formula is C106H74N6. The third-order valence-corrected chi connectivity index (χ3v) is 23.8. The zero-order valence-electron chi connectivity index (χ0n) is 62.0. The molecular weight excluding hydrogens is 1360 g/mol. The Morgan fingerprint density at radius 2 is 0.562 bits per heavy atom. The molecule has 2 aliphatic rings. The van der Waals surface area contributed by atoms with Gasteiger partial charge in [0.05, 0.1) is 55.3 Å². The molecule has 6 nitrogen and oxygen atoms in total. The molecule has 0 saturated carbocycles. The molecule has 22 rings (SSSR count). The Balaban J connectivity index is 0.000000141. The summed E-state index contributed by atoms with van der Waals surface area (Å²) in [4.78, 5) is 20.8. The third kappa shape index (κ3) is 10.3. The number of hydrogen-bond acceptors (Lipinski definition) is 4. The van der Waals surface area contributed by atoms with E-state index in [2.05, 4.69) is 411 Å². The topological polar surface area (TPSA) is 61.4 Å². The smallest absolute Gasteiger partial charge is 0.141 e. The van der Waals surface area contributed by atoms with Crippen LogP contribution in [0.1, 0.15) is 58.4 Å². The van der Waals surface area contributed by atoms with E-state index in [0.717, 1.165) is 108 Å². The first-order valence-electron chi connectivity index (χ1n) is 38.9. The van der Waals surface area contributed by atoms with Gasteiger partial charge in [-0.2, -0.15) is 0 Å². The number of nitrogens with zero attached hydrogens (tertiary/aromatic N) is 6. The molecule has 0 N–H and O–H groups in total. The Morgan fingerprint density at radius 1 is 0.232 bits per heavy atom. The predicted octanol–water partition coefficient (Wildman–Crippen LogP) is 26.2. The molecule has 0 bridgehead atoms. The molecule has 0 unspecified atom stereocenters. The number of benzene rings is 16. The average Bonchev–Trinajstić information content (AvgIpc) is 1.52.